The van der Waals surface area contributed by atoms with Crippen LogP contribution in [0.3, 0.4) is 0 Å². The van der Waals surface area contributed by atoms with Gasteiger partial charge in [-0.25, -0.2) is 4.79 Å². The van der Waals surface area contributed by atoms with Crippen molar-refractivity contribution in [3.8, 4) is 0 Å². The molecule has 8 heteroatoms. The van der Waals surface area contributed by atoms with Crippen LogP contribution in [0.1, 0.15) is 26.3 Å². The van der Waals surface area contributed by atoms with Crippen LogP contribution in [-0.4, -0.2) is 35.0 Å². The van der Waals surface area contributed by atoms with Crippen molar-refractivity contribution in [2.45, 2.75) is 39.3 Å². The van der Waals surface area contributed by atoms with Gasteiger partial charge in [0.25, 0.3) is 0 Å². The number of rotatable bonds is 9. The number of ether oxygens (including phenoxy) is 1. The minimum absolute atomic E-state index is 0.0478. The first kappa shape index (κ1) is 27.3. The van der Waals surface area contributed by atoms with Crippen molar-refractivity contribution in [2.75, 3.05) is 0 Å². The summed E-state index contributed by atoms with van der Waals surface area (Å²) >= 11 is 4.36. The van der Waals surface area contributed by atoms with Gasteiger partial charge in [0.05, 0.1) is 0 Å². The fourth-order valence-corrected chi connectivity index (χ4v) is 2.53. The van der Waals surface area contributed by atoms with Crippen molar-refractivity contribution in [1.82, 2.24) is 10.6 Å². The quantitative estimate of drug-likeness (QED) is 0.228. The van der Waals surface area contributed by atoms with E-state index in [1.807, 2.05) is 37.3 Å². The number of amides is 3. The molecule has 4 N–H and O–H groups in total. The van der Waals surface area contributed by atoms with E-state index in [0.717, 1.165) is 6.42 Å². The third-order valence-corrected chi connectivity index (χ3v) is 4.08. The average Bonchev–Trinajstić information content (AvgIpc) is 2.70. The molecule has 0 aliphatic rings. The van der Waals surface area contributed by atoms with Gasteiger partial charge in [0.1, 0.15) is 0 Å². The number of nitrogens with one attached hydrogen (secondary N) is 2. The van der Waals surface area contributed by atoms with Crippen LogP contribution < -0.4 is 16.4 Å². The van der Waals surface area contributed by atoms with Gasteiger partial charge in [-0.2, -0.15) is 7.11 Å². The van der Waals surface area contributed by atoms with E-state index < -0.39 is 23.9 Å². The molecule has 0 radical (unpaired) electrons. The number of carbonyl (C=O) groups is 3. The van der Waals surface area contributed by atoms with Crippen LogP contribution >= 0.6 is 0 Å². The second-order valence-electron chi connectivity index (χ2n) is 6.67. The van der Waals surface area contributed by atoms with Gasteiger partial charge in [0.15, 0.2) is 0 Å². The molecule has 1 rings (SSSR count). The molecule has 3 amide bonds. The van der Waals surface area contributed by atoms with E-state index >= 15 is 0 Å². The Morgan fingerprint density at radius 1 is 1.20 bits per heavy atom. The zero-order valence-corrected chi connectivity index (χ0v) is 18.4. The van der Waals surface area contributed by atoms with Gasteiger partial charge in [0, 0.05) is 6.04 Å². The number of alkyl carbamates (subject to hydrolysis) is 1. The Morgan fingerprint density at radius 2 is 1.80 bits per heavy atom. The Morgan fingerprint density at radius 3 is 2.23 bits per heavy atom. The summed E-state index contributed by atoms with van der Waals surface area (Å²) in [5.74, 6) is -1.11. The molecular weight excluding hydrogens is 429 g/mol. The van der Waals surface area contributed by atoms with Crippen LogP contribution in [0.5, 0.6) is 0 Å². The van der Waals surface area contributed by atoms with Crippen molar-refractivity contribution < 1.29 is 34.2 Å². The van der Waals surface area contributed by atoms with Gasteiger partial charge in [-0.15, -0.1) is 0 Å². The maximum Gasteiger partial charge on any atom is 0.375 e. The van der Waals surface area contributed by atoms with E-state index in [1.54, 1.807) is 13.8 Å². The molecule has 0 heterocycles. The molecule has 0 spiro atoms. The first-order valence-electron chi connectivity index (χ1n) is 9.17. The molecule has 7 nitrogen and oxygen atoms in total. The summed E-state index contributed by atoms with van der Waals surface area (Å²) in [6.07, 6.45) is 2.88. The second-order valence-corrected chi connectivity index (χ2v) is 6.96. The van der Waals surface area contributed by atoms with E-state index in [2.05, 4.69) is 37.5 Å². The standard InChI is InChI=1S/C11H15N2O2.C11H14NO2.Ni/c1-5-6-8(4)11(15)13-9(7(2)3)10(12)14;1-9(12-11(13)14-2)8-10-6-4-3-5-7-10;/h1,4-7,9H,2-3H3,(H2,12,14)(H,13,15);3-7,9H,2,8H2,1H3,(H,12,13);/q2*-1;/b8-6+;;/t2*9-;/m00./s1. The summed E-state index contributed by atoms with van der Waals surface area (Å²) in [5, 5.41) is 5.16. The Hall–Kier alpha value is -2.73. The minimum atomic E-state index is -0.714. The van der Waals surface area contributed by atoms with Gasteiger partial charge in [-0.1, -0.05) is 30.3 Å². The predicted octanol–water partition coefficient (Wildman–Crippen LogP) is 2.01. The van der Waals surface area contributed by atoms with Crippen LogP contribution in [0, 0.1) is 19.6 Å². The number of hydrogen-bond donors (Lipinski definition) is 3. The van der Waals surface area contributed by atoms with Crippen molar-refractivity contribution in [2.24, 2.45) is 11.7 Å². The van der Waals surface area contributed by atoms with Crippen LogP contribution in [0.4, 0.5) is 4.79 Å². The van der Waals surface area contributed by atoms with Crippen molar-refractivity contribution in [1.29, 1.82) is 0 Å². The Balaban J connectivity index is 0.000000564. The normalized spacial score (nSPS) is 12.6. The molecule has 1 aromatic carbocycles. The van der Waals surface area contributed by atoms with Crippen LogP contribution in [0.15, 0.2) is 48.1 Å². The fraction of sp³-hybridized carbons (Fsp3) is 0.318. The smallest absolute Gasteiger partial charge is 0.375 e. The average molecular weight is 458 g/mol. The van der Waals surface area contributed by atoms with E-state index in [0.29, 0.717) is 0 Å². The third kappa shape index (κ3) is 11.3. The van der Waals surface area contributed by atoms with E-state index in [4.69, 9.17) is 12.3 Å². The molecule has 0 fully saturated rings. The summed E-state index contributed by atoms with van der Waals surface area (Å²) in [6.45, 7) is 10.7. The molecule has 0 unspecified atom stereocenters. The predicted molar refractivity (Wildman–Crippen MR) is 114 cm³/mol. The second kappa shape index (κ2) is 15.2. The molecule has 0 aliphatic carbocycles. The summed E-state index contributed by atoms with van der Waals surface area (Å²) < 4.78 is 4.26. The molecule has 0 aromatic heterocycles. The van der Waals surface area contributed by atoms with Crippen molar-refractivity contribution >= 4 is 22.9 Å². The maximum absolute atomic E-state index is 11.6. The summed E-state index contributed by atoms with van der Waals surface area (Å²) in [7, 11) is 3.03. The topological polar surface area (TPSA) is 111 Å². The van der Waals surface area contributed by atoms with Crippen LogP contribution in [0.2, 0.25) is 0 Å². The Kier molecular flexibility index (Phi) is 13.8. The zero-order valence-electron chi connectivity index (χ0n) is 17.4. The molecule has 0 bridgehead atoms. The largest absolute Gasteiger partial charge is 0.624 e. The maximum atomic E-state index is 11.6. The number of benzene rings is 1. The summed E-state index contributed by atoms with van der Waals surface area (Å²) in [6, 6.07) is 9.29. The fourth-order valence-electron chi connectivity index (χ4n) is 2.30. The third-order valence-electron chi connectivity index (χ3n) is 3.78. The van der Waals surface area contributed by atoms with Crippen molar-refractivity contribution in [3.63, 3.8) is 0 Å². The van der Waals surface area contributed by atoms with Gasteiger partial charge in [-0.05, 0) is 18.9 Å². The number of carbonyl (C=O) groups excluding carboxylic acids is 3. The number of allylic oxidation sites excluding steroid dienone is 2. The van der Waals surface area contributed by atoms with Gasteiger partial charge >= 0.3 is 109 Å². The molecule has 0 saturated carbocycles. The SMILES string of the molecule is [CH-]=C/C=C(\[CH]=[Ni])C(=O)N[C@H](C(N)=O)C(C)C.[CH2-]OC(=O)N[C@@H](C)Cc1ccccc1. The first-order chi connectivity index (χ1) is 14.2. The van der Waals surface area contributed by atoms with E-state index in [9.17, 15) is 14.4 Å². The first-order valence-corrected chi connectivity index (χ1v) is 9.74. The Labute approximate surface area is 186 Å². The Bertz CT molecular complexity index is 748. The zero-order chi connectivity index (χ0) is 23.1. The van der Waals surface area contributed by atoms with Gasteiger partial charge in [-0.3, -0.25) is 0 Å². The summed E-state index contributed by atoms with van der Waals surface area (Å²) in [4.78, 5) is 34.7. The number of hydrogen-bond acceptors (Lipinski definition) is 4. The van der Waals surface area contributed by atoms with Gasteiger partial charge in [0.2, 0.25) is 0 Å². The molecular formula is C22H29N3NiO4-2. The molecule has 30 heavy (non-hydrogen) atoms. The number of primary amides is 1. The van der Waals surface area contributed by atoms with Gasteiger partial charge < -0.3 is 10.1 Å². The van der Waals surface area contributed by atoms with E-state index in [1.165, 1.54) is 22.7 Å². The van der Waals surface area contributed by atoms with Crippen LogP contribution in [-0.2, 0) is 35.8 Å². The molecule has 2 atom stereocenters. The number of nitrogens with two attached hydrogens (primary N) is 1. The molecule has 1 aromatic rings. The summed E-state index contributed by atoms with van der Waals surface area (Å²) in [5.41, 5.74) is 6.58. The van der Waals surface area contributed by atoms with E-state index in [-0.39, 0.29) is 17.5 Å². The molecule has 0 saturated heterocycles. The monoisotopic (exact) mass is 457 g/mol. The minimum Gasteiger partial charge on any atom is -0.624 e. The molecule has 0 aliphatic heterocycles. The van der Waals surface area contributed by atoms with Crippen molar-refractivity contribution in [3.05, 3.63) is 67.3 Å². The van der Waals surface area contributed by atoms with Crippen LogP contribution in [0.25, 0.3) is 0 Å². The molecule has 168 valence electrons.